The minimum Gasteiger partial charge on any atom is -0.493 e. The molecule has 0 aliphatic heterocycles. The predicted octanol–water partition coefficient (Wildman–Crippen LogP) is 3.86. The summed E-state index contributed by atoms with van der Waals surface area (Å²) >= 11 is 0. The number of nitrogens with one attached hydrogen (secondary N) is 2. The molecule has 8 nitrogen and oxygen atoms in total. The lowest BCUT2D eigenvalue weighted by Crippen LogP contribution is -2.26. The highest BCUT2D eigenvalue weighted by Crippen LogP contribution is 2.27. The lowest BCUT2D eigenvalue weighted by atomic mass is 10.1. The molecule has 0 saturated heterocycles. The average Bonchev–Trinajstić information content (AvgIpc) is 2.85. The molecular weight excluding hydrogens is 468 g/mol. The molecule has 3 rings (SSSR count). The molecule has 35 heavy (non-hydrogen) atoms. The van der Waals surface area contributed by atoms with E-state index in [2.05, 4.69) is 10.0 Å². The van der Waals surface area contributed by atoms with Crippen LogP contribution < -0.4 is 24.2 Å². The van der Waals surface area contributed by atoms with E-state index in [4.69, 9.17) is 14.2 Å². The first-order valence-corrected chi connectivity index (χ1v) is 12.5. The zero-order chi connectivity index (χ0) is 25.4. The van der Waals surface area contributed by atoms with Gasteiger partial charge in [0.25, 0.3) is 5.91 Å². The van der Waals surface area contributed by atoms with Gasteiger partial charge in [-0.15, -0.1) is 0 Å². The topological polar surface area (TPSA) is 103 Å². The van der Waals surface area contributed by atoms with Crippen molar-refractivity contribution in [2.75, 3.05) is 32.7 Å². The third kappa shape index (κ3) is 6.97. The van der Waals surface area contributed by atoms with Crippen molar-refractivity contribution in [3.05, 3.63) is 77.4 Å². The third-order valence-electron chi connectivity index (χ3n) is 5.54. The molecule has 0 fully saturated rings. The van der Waals surface area contributed by atoms with E-state index in [1.165, 1.54) is 24.3 Å². The number of aryl methyl sites for hydroxylation is 1. The molecule has 0 spiro atoms. The van der Waals surface area contributed by atoms with Crippen LogP contribution in [0.5, 0.6) is 17.2 Å². The number of sulfonamides is 1. The Balaban J connectivity index is 1.51. The molecule has 3 aromatic carbocycles. The molecule has 0 aliphatic carbocycles. The predicted molar refractivity (Wildman–Crippen MR) is 135 cm³/mol. The maximum Gasteiger partial charge on any atom is 0.262 e. The largest absolute Gasteiger partial charge is 0.493 e. The van der Waals surface area contributed by atoms with Gasteiger partial charge in [-0.2, -0.15) is 0 Å². The highest BCUT2D eigenvalue weighted by molar-refractivity contribution is 7.89. The quantitative estimate of drug-likeness (QED) is 0.416. The van der Waals surface area contributed by atoms with E-state index in [1.807, 2.05) is 44.2 Å². The van der Waals surface area contributed by atoms with Crippen LogP contribution in [0, 0.1) is 13.8 Å². The Morgan fingerprint density at radius 2 is 1.63 bits per heavy atom. The number of hydrogen-bond acceptors (Lipinski definition) is 6. The van der Waals surface area contributed by atoms with Gasteiger partial charge in [0.15, 0.2) is 18.1 Å². The maximum absolute atomic E-state index is 12.6. The fourth-order valence-electron chi connectivity index (χ4n) is 3.39. The molecule has 0 aromatic heterocycles. The molecule has 0 aliphatic rings. The minimum absolute atomic E-state index is 0.108. The van der Waals surface area contributed by atoms with Gasteiger partial charge >= 0.3 is 0 Å². The van der Waals surface area contributed by atoms with Crippen molar-refractivity contribution in [3.8, 4) is 17.2 Å². The van der Waals surface area contributed by atoms with Crippen LogP contribution in [0.4, 0.5) is 5.69 Å². The number of amides is 1. The number of anilines is 1. The number of benzene rings is 3. The standard InChI is InChI=1S/C26H30N2O6S/c1-18-6-5-7-23(19(18)2)28-26(29)17-34-21-9-11-22(12-10-21)35(30,31)27-15-14-20-8-13-24(32-3)25(16-20)33-4/h5-13,16,27H,14-15,17H2,1-4H3,(H,28,29). The second-order valence-electron chi connectivity index (χ2n) is 7.89. The van der Waals surface area contributed by atoms with Gasteiger partial charge in [-0.25, -0.2) is 13.1 Å². The van der Waals surface area contributed by atoms with Crippen LogP contribution >= 0.6 is 0 Å². The summed E-state index contributed by atoms with van der Waals surface area (Å²) in [4.78, 5) is 12.3. The highest BCUT2D eigenvalue weighted by Gasteiger charge is 2.14. The van der Waals surface area contributed by atoms with Gasteiger partial charge in [-0.3, -0.25) is 4.79 Å². The van der Waals surface area contributed by atoms with Gasteiger partial charge in [0.1, 0.15) is 5.75 Å². The van der Waals surface area contributed by atoms with Crippen LogP contribution in [0.1, 0.15) is 16.7 Å². The SMILES string of the molecule is COc1ccc(CCNS(=O)(=O)c2ccc(OCC(=O)Nc3cccc(C)c3C)cc2)cc1OC. The molecule has 1 amide bonds. The number of methoxy groups -OCH3 is 2. The summed E-state index contributed by atoms with van der Waals surface area (Å²) in [5.74, 6) is 1.30. The molecular formula is C26H30N2O6S. The second-order valence-corrected chi connectivity index (χ2v) is 9.66. The van der Waals surface area contributed by atoms with E-state index in [-0.39, 0.29) is 24.0 Å². The van der Waals surface area contributed by atoms with Crippen LogP contribution in [0.2, 0.25) is 0 Å². The number of carbonyl (C=O) groups excluding carboxylic acids is 1. The Morgan fingerprint density at radius 1 is 0.914 bits per heavy atom. The van der Waals surface area contributed by atoms with E-state index >= 15 is 0 Å². The number of ether oxygens (including phenoxy) is 3. The number of carbonyl (C=O) groups is 1. The molecule has 9 heteroatoms. The van der Waals surface area contributed by atoms with Crippen LogP contribution in [0.25, 0.3) is 0 Å². The summed E-state index contributed by atoms with van der Waals surface area (Å²) in [5, 5.41) is 2.82. The molecule has 3 aromatic rings. The first-order valence-electron chi connectivity index (χ1n) is 11.0. The molecule has 0 unspecified atom stereocenters. The smallest absolute Gasteiger partial charge is 0.262 e. The average molecular weight is 499 g/mol. The zero-order valence-corrected chi connectivity index (χ0v) is 21.1. The summed E-state index contributed by atoms with van der Waals surface area (Å²) in [6, 6.07) is 17.1. The minimum atomic E-state index is -3.70. The Bertz CT molecular complexity index is 1270. The Hall–Kier alpha value is -3.56. The normalized spacial score (nSPS) is 11.1. The molecule has 0 atom stereocenters. The van der Waals surface area contributed by atoms with Gasteiger partial charge in [0.05, 0.1) is 19.1 Å². The first kappa shape index (κ1) is 26.1. The van der Waals surface area contributed by atoms with Crippen LogP contribution in [-0.4, -0.2) is 41.7 Å². The Kier molecular flexibility index (Phi) is 8.73. The summed E-state index contributed by atoms with van der Waals surface area (Å²) in [6.07, 6.45) is 0.482. The summed E-state index contributed by atoms with van der Waals surface area (Å²) in [7, 11) is -0.588. The third-order valence-corrected chi connectivity index (χ3v) is 7.01. The first-order chi connectivity index (χ1) is 16.7. The van der Waals surface area contributed by atoms with Crippen molar-refractivity contribution in [2.24, 2.45) is 0 Å². The lowest BCUT2D eigenvalue weighted by Gasteiger charge is -2.12. The molecule has 2 N–H and O–H groups in total. The highest BCUT2D eigenvalue weighted by atomic mass is 32.2. The van der Waals surface area contributed by atoms with Gasteiger partial charge in [0.2, 0.25) is 10.0 Å². The molecule has 186 valence electrons. The molecule has 0 radical (unpaired) electrons. The van der Waals surface area contributed by atoms with Gasteiger partial charge < -0.3 is 19.5 Å². The van der Waals surface area contributed by atoms with E-state index < -0.39 is 10.0 Å². The van der Waals surface area contributed by atoms with Crippen LogP contribution in [0.15, 0.2) is 65.6 Å². The van der Waals surface area contributed by atoms with Crippen molar-refractivity contribution in [1.82, 2.24) is 4.72 Å². The monoisotopic (exact) mass is 498 g/mol. The Morgan fingerprint density at radius 3 is 2.31 bits per heavy atom. The van der Waals surface area contributed by atoms with Gasteiger partial charge in [-0.1, -0.05) is 18.2 Å². The maximum atomic E-state index is 12.6. The molecule has 0 saturated carbocycles. The fraction of sp³-hybridized carbons (Fsp3) is 0.269. The second kappa shape index (κ2) is 11.7. The number of hydrogen-bond donors (Lipinski definition) is 2. The van der Waals surface area contributed by atoms with Crippen molar-refractivity contribution < 1.29 is 27.4 Å². The number of rotatable bonds is 11. The van der Waals surface area contributed by atoms with Gasteiger partial charge in [0, 0.05) is 12.2 Å². The van der Waals surface area contributed by atoms with E-state index in [0.717, 1.165) is 22.4 Å². The fourth-order valence-corrected chi connectivity index (χ4v) is 4.42. The zero-order valence-electron chi connectivity index (χ0n) is 20.3. The summed E-state index contributed by atoms with van der Waals surface area (Å²) in [6.45, 7) is 3.94. The van der Waals surface area contributed by atoms with Crippen molar-refractivity contribution in [3.63, 3.8) is 0 Å². The molecule has 0 bridgehead atoms. The van der Waals surface area contributed by atoms with Crippen molar-refractivity contribution >= 4 is 21.6 Å². The van der Waals surface area contributed by atoms with E-state index in [9.17, 15) is 13.2 Å². The van der Waals surface area contributed by atoms with Crippen LogP contribution in [-0.2, 0) is 21.2 Å². The summed E-state index contributed by atoms with van der Waals surface area (Å²) < 4.78 is 43.8. The van der Waals surface area contributed by atoms with E-state index in [0.29, 0.717) is 23.7 Å². The van der Waals surface area contributed by atoms with Gasteiger partial charge in [-0.05, 0) is 79.4 Å². The molecule has 0 heterocycles. The van der Waals surface area contributed by atoms with Crippen LogP contribution in [0.3, 0.4) is 0 Å². The van der Waals surface area contributed by atoms with Crippen molar-refractivity contribution in [2.45, 2.75) is 25.2 Å². The summed E-state index contributed by atoms with van der Waals surface area (Å²) in [5.41, 5.74) is 3.72. The lowest BCUT2D eigenvalue weighted by molar-refractivity contribution is -0.118. The van der Waals surface area contributed by atoms with Crippen molar-refractivity contribution in [1.29, 1.82) is 0 Å². The Labute approximate surface area is 206 Å². The van der Waals surface area contributed by atoms with E-state index in [1.54, 1.807) is 20.3 Å².